The molecule has 0 bridgehead atoms. The van der Waals surface area contributed by atoms with E-state index in [1.807, 2.05) is 24.8 Å². The number of aliphatic hydroxyl groups excluding tert-OH is 2. The van der Waals surface area contributed by atoms with Gasteiger partial charge in [0.15, 0.2) is 0 Å². The summed E-state index contributed by atoms with van der Waals surface area (Å²) >= 11 is 0. The zero-order valence-corrected chi connectivity index (χ0v) is 12.6. The van der Waals surface area contributed by atoms with Gasteiger partial charge in [0.1, 0.15) is 34.7 Å². The van der Waals surface area contributed by atoms with Crippen LogP contribution >= 0.6 is 0 Å². The van der Waals surface area contributed by atoms with E-state index in [0.717, 1.165) is 18.5 Å². The molecule has 0 spiro atoms. The number of hydrogen-bond acceptors (Lipinski definition) is 7. The topological polar surface area (TPSA) is 91.9 Å². The van der Waals surface area contributed by atoms with Gasteiger partial charge in [-0.25, -0.2) is 4.63 Å². The molecule has 1 aromatic carbocycles. The molecule has 118 valence electrons. The molecule has 0 aliphatic carbocycles. The third kappa shape index (κ3) is 1.93. The Bertz CT molecular complexity index is 714. The summed E-state index contributed by atoms with van der Waals surface area (Å²) in [5.74, 6) is 0.655. The number of hydrogen-bond donors (Lipinski definition) is 2. The minimum absolute atomic E-state index is 0.336. The molecule has 1 aromatic heterocycles. The van der Waals surface area contributed by atoms with Gasteiger partial charge in [-0.05, 0) is 43.1 Å². The predicted octanol–water partition coefficient (Wildman–Crippen LogP) is 1.21. The molecule has 2 aliphatic rings. The maximum absolute atomic E-state index is 10.8. The minimum Gasteiger partial charge on any atom is -0.485 e. The average Bonchev–Trinajstić information content (AvgIpc) is 3.07. The van der Waals surface area contributed by atoms with Gasteiger partial charge in [0.05, 0.1) is 6.04 Å². The lowest BCUT2D eigenvalue weighted by molar-refractivity contribution is -0.117. The van der Waals surface area contributed by atoms with Crippen LogP contribution < -0.4 is 4.74 Å². The van der Waals surface area contributed by atoms with Crippen molar-refractivity contribution >= 4 is 11.0 Å². The summed E-state index contributed by atoms with van der Waals surface area (Å²) < 4.78 is 10.7. The highest BCUT2D eigenvalue weighted by molar-refractivity contribution is 5.77. The van der Waals surface area contributed by atoms with Crippen molar-refractivity contribution in [3.8, 4) is 5.75 Å². The molecular weight excluding hydrogens is 286 g/mol. The van der Waals surface area contributed by atoms with Gasteiger partial charge < -0.3 is 14.9 Å². The van der Waals surface area contributed by atoms with Crippen molar-refractivity contribution in [3.63, 3.8) is 0 Å². The monoisotopic (exact) mass is 305 g/mol. The number of likely N-dealkylation sites (tertiary alicyclic amines) is 1. The van der Waals surface area contributed by atoms with Gasteiger partial charge >= 0.3 is 0 Å². The maximum Gasteiger partial charge on any atom is 0.138 e. The highest BCUT2D eigenvalue weighted by atomic mass is 16.6. The number of nitrogens with zero attached hydrogens (tertiary/aromatic N) is 3. The average molecular weight is 305 g/mol. The van der Waals surface area contributed by atoms with Gasteiger partial charge in [0.2, 0.25) is 0 Å². The van der Waals surface area contributed by atoms with E-state index >= 15 is 0 Å². The van der Waals surface area contributed by atoms with Crippen LogP contribution in [0, 0.1) is 0 Å². The summed E-state index contributed by atoms with van der Waals surface area (Å²) in [5.41, 5.74) is 1.29. The molecule has 22 heavy (non-hydrogen) atoms. The van der Waals surface area contributed by atoms with Crippen molar-refractivity contribution in [1.29, 1.82) is 0 Å². The Labute approximate surface area is 127 Å². The second kappa shape index (κ2) is 4.65. The summed E-state index contributed by atoms with van der Waals surface area (Å²) in [6, 6.07) is 3.27. The van der Waals surface area contributed by atoms with E-state index in [0.29, 0.717) is 23.2 Å². The summed E-state index contributed by atoms with van der Waals surface area (Å²) in [6.45, 7) is 4.44. The molecule has 1 saturated heterocycles. The van der Waals surface area contributed by atoms with Crippen LogP contribution in [0.5, 0.6) is 5.75 Å². The number of aliphatic hydroxyl groups is 2. The molecular formula is C15H19N3O4. The normalized spacial score (nSPS) is 31.2. The number of fused-ring (bicyclic) bond motifs is 2. The fourth-order valence-electron chi connectivity index (χ4n) is 3.50. The molecule has 3 atom stereocenters. The summed E-state index contributed by atoms with van der Waals surface area (Å²) in [5, 5.41) is 28.8. The first-order valence-electron chi connectivity index (χ1n) is 7.54. The first-order valence-corrected chi connectivity index (χ1v) is 7.54. The van der Waals surface area contributed by atoms with Crippen molar-refractivity contribution in [3.05, 3.63) is 17.7 Å². The lowest BCUT2D eigenvalue weighted by Crippen LogP contribution is -2.54. The van der Waals surface area contributed by atoms with Crippen LogP contribution in [0.3, 0.4) is 0 Å². The third-order valence-corrected chi connectivity index (χ3v) is 4.71. The fourth-order valence-corrected chi connectivity index (χ4v) is 3.50. The SMILES string of the molecule is CC1(C)Oc2cc3nonc3cc2C(N2CCCC2O)C1O. The summed E-state index contributed by atoms with van der Waals surface area (Å²) in [4.78, 5) is 1.94. The highest BCUT2D eigenvalue weighted by Gasteiger charge is 2.47. The third-order valence-electron chi connectivity index (χ3n) is 4.71. The van der Waals surface area contributed by atoms with Crippen LogP contribution in [0.25, 0.3) is 11.0 Å². The lowest BCUT2D eigenvalue weighted by atomic mass is 9.85. The first kappa shape index (κ1) is 13.9. The van der Waals surface area contributed by atoms with E-state index in [-0.39, 0.29) is 6.04 Å². The Morgan fingerprint density at radius 1 is 1.23 bits per heavy atom. The summed E-state index contributed by atoms with van der Waals surface area (Å²) in [6.07, 6.45) is 0.320. The van der Waals surface area contributed by atoms with Crippen LogP contribution in [-0.4, -0.2) is 49.9 Å². The standard InChI is InChI=1S/C15H19N3O4/c1-15(2)14(20)13(18-5-3-4-12(18)19)8-6-9-10(17-22-16-9)7-11(8)21-15/h6-7,12-14,19-20H,3-5H2,1-2H3. The zero-order chi connectivity index (χ0) is 15.5. The molecule has 0 radical (unpaired) electrons. The number of rotatable bonds is 1. The van der Waals surface area contributed by atoms with Gasteiger partial charge in [-0.1, -0.05) is 0 Å². The Morgan fingerprint density at radius 2 is 1.95 bits per heavy atom. The van der Waals surface area contributed by atoms with Crippen LogP contribution in [0.15, 0.2) is 16.8 Å². The fraction of sp³-hybridized carbons (Fsp3) is 0.600. The molecule has 4 rings (SSSR count). The van der Waals surface area contributed by atoms with Crippen molar-refractivity contribution < 1.29 is 19.6 Å². The molecule has 0 saturated carbocycles. The second-order valence-electron chi connectivity index (χ2n) is 6.60. The lowest BCUT2D eigenvalue weighted by Gasteiger charge is -2.46. The highest BCUT2D eigenvalue weighted by Crippen LogP contribution is 2.45. The quantitative estimate of drug-likeness (QED) is 0.818. The molecule has 7 nitrogen and oxygen atoms in total. The predicted molar refractivity (Wildman–Crippen MR) is 77.2 cm³/mol. The molecule has 3 heterocycles. The summed E-state index contributed by atoms with van der Waals surface area (Å²) in [7, 11) is 0. The Morgan fingerprint density at radius 3 is 2.64 bits per heavy atom. The van der Waals surface area contributed by atoms with Gasteiger partial charge in [0.25, 0.3) is 0 Å². The van der Waals surface area contributed by atoms with Gasteiger partial charge in [-0.3, -0.25) is 4.90 Å². The largest absolute Gasteiger partial charge is 0.485 e. The molecule has 3 unspecified atom stereocenters. The van der Waals surface area contributed by atoms with Crippen LogP contribution in [-0.2, 0) is 0 Å². The van der Waals surface area contributed by atoms with Gasteiger partial charge in [0, 0.05) is 18.2 Å². The molecule has 2 aromatic rings. The van der Waals surface area contributed by atoms with Crippen LogP contribution in [0.4, 0.5) is 0 Å². The smallest absolute Gasteiger partial charge is 0.138 e. The first-order chi connectivity index (χ1) is 10.5. The van der Waals surface area contributed by atoms with E-state index in [1.54, 1.807) is 6.07 Å². The van der Waals surface area contributed by atoms with Crippen molar-refractivity contribution in [2.45, 2.75) is 50.7 Å². The maximum atomic E-state index is 10.8. The Kier molecular flexibility index (Phi) is 2.94. The zero-order valence-electron chi connectivity index (χ0n) is 12.6. The van der Waals surface area contributed by atoms with E-state index in [2.05, 4.69) is 10.3 Å². The van der Waals surface area contributed by atoms with E-state index < -0.39 is 17.9 Å². The van der Waals surface area contributed by atoms with Gasteiger partial charge in [-0.2, -0.15) is 0 Å². The van der Waals surface area contributed by atoms with E-state index in [9.17, 15) is 10.2 Å². The molecule has 7 heteroatoms. The second-order valence-corrected chi connectivity index (χ2v) is 6.60. The Hall–Kier alpha value is -1.70. The van der Waals surface area contributed by atoms with Crippen LogP contribution in [0.1, 0.15) is 38.3 Å². The minimum atomic E-state index is -0.759. The van der Waals surface area contributed by atoms with Crippen LogP contribution in [0.2, 0.25) is 0 Å². The Balaban J connectivity index is 1.88. The number of benzene rings is 1. The molecule has 1 fully saturated rings. The number of ether oxygens (including phenoxy) is 1. The molecule has 0 amide bonds. The van der Waals surface area contributed by atoms with Crippen molar-refractivity contribution in [2.75, 3.05) is 6.54 Å². The number of aromatic nitrogens is 2. The molecule has 2 N–H and O–H groups in total. The van der Waals surface area contributed by atoms with Crippen molar-refractivity contribution in [2.24, 2.45) is 0 Å². The van der Waals surface area contributed by atoms with E-state index in [1.165, 1.54) is 0 Å². The van der Waals surface area contributed by atoms with E-state index in [4.69, 9.17) is 9.37 Å². The van der Waals surface area contributed by atoms with Crippen molar-refractivity contribution in [1.82, 2.24) is 15.2 Å². The molecule has 2 aliphatic heterocycles. The van der Waals surface area contributed by atoms with Gasteiger partial charge in [-0.15, -0.1) is 0 Å².